The van der Waals surface area contributed by atoms with Gasteiger partial charge in [-0.2, -0.15) is 0 Å². The van der Waals surface area contributed by atoms with Gasteiger partial charge in [-0.05, 0) is 60.3 Å². The lowest BCUT2D eigenvalue weighted by Gasteiger charge is -2.13. The Morgan fingerprint density at radius 2 is 1.82 bits per heavy atom. The van der Waals surface area contributed by atoms with E-state index in [1.807, 2.05) is 29.6 Å². The molecule has 0 radical (unpaired) electrons. The molecule has 33 heavy (non-hydrogen) atoms. The summed E-state index contributed by atoms with van der Waals surface area (Å²) in [7, 11) is 0. The smallest absolute Gasteiger partial charge is 0.333 e. The summed E-state index contributed by atoms with van der Waals surface area (Å²) < 4.78 is 15.2. The molecule has 1 atom stereocenters. The lowest BCUT2D eigenvalue weighted by atomic mass is 10.1. The van der Waals surface area contributed by atoms with E-state index in [0.29, 0.717) is 19.6 Å². The Balaban J connectivity index is 1.38. The predicted molar refractivity (Wildman–Crippen MR) is 131 cm³/mol. The van der Waals surface area contributed by atoms with Gasteiger partial charge in [0.2, 0.25) is 0 Å². The molecule has 1 N–H and O–H groups in total. The predicted octanol–water partition coefficient (Wildman–Crippen LogP) is 5.85. The van der Waals surface area contributed by atoms with Gasteiger partial charge in [-0.25, -0.2) is 4.79 Å². The molecule has 0 bridgehead atoms. The average molecular weight is 481 g/mol. The van der Waals surface area contributed by atoms with E-state index in [1.54, 1.807) is 18.3 Å². The number of nitrogens with zero attached hydrogens (tertiary/aromatic N) is 2. The molecule has 0 amide bonds. The first-order chi connectivity index (χ1) is 16.0. The van der Waals surface area contributed by atoms with Crippen molar-refractivity contribution in [2.75, 3.05) is 6.61 Å². The number of ether oxygens (including phenoxy) is 2. The van der Waals surface area contributed by atoms with Crippen LogP contribution in [0.1, 0.15) is 22.9 Å². The Morgan fingerprint density at radius 3 is 2.45 bits per heavy atom. The number of aryl methyl sites for hydroxylation is 1. The summed E-state index contributed by atoms with van der Waals surface area (Å²) in [6.07, 6.45) is -0.504. The average Bonchev–Trinajstić information content (AvgIpc) is 3.48. The van der Waals surface area contributed by atoms with E-state index >= 15 is 0 Å². The second-order valence-corrected chi connectivity index (χ2v) is 9.25. The summed E-state index contributed by atoms with van der Waals surface area (Å²) in [5, 5.41) is 15.3. The molecule has 8 heteroatoms. The van der Waals surface area contributed by atoms with Crippen molar-refractivity contribution in [3.05, 3.63) is 76.0 Å². The van der Waals surface area contributed by atoms with Gasteiger partial charge >= 0.3 is 5.97 Å². The maximum atomic E-state index is 11.3. The molecule has 0 fully saturated rings. The first-order valence-electron chi connectivity index (χ1n) is 10.6. The maximum absolute atomic E-state index is 11.3. The number of carbonyl (C=O) groups is 1. The van der Waals surface area contributed by atoms with Crippen LogP contribution in [0.15, 0.2) is 60.0 Å². The molecule has 2 heterocycles. The largest absolute Gasteiger partial charge is 0.488 e. The zero-order valence-electron chi connectivity index (χ0n) is 18.4. The molecule has 170 valence electrons. The van der Waals surface area contributed by atoms with Gasteiger partial charge < -0.3 is 14.6 Å². The van der Waals surface area contributed by atoms with Crippen LogP contribution in [0.2, 0.25) is 0 Å². The van der Waals surface area contributed by atoms with Crippen LogP contribution in [-0.2, 0) is 22.6 Å². The van der Waals surface area contributed by atoms with E-state index in [2.05, 4.69) is 46.8 Å². The molecular weight excluding hydrogens is 456 g/mol. The van der Waals surface area contributed by atoms with Crippen LogP contribution in [0.5, 0.6) is 5.75 Å². The number of hydrogen-bond donors (Lipinski definition) is 1. The Morgan fingerprint density at radius 1 is 1.09 bits per heavy atom. The molecule has 6 nitrogen and oxygen atoms in total. The van der Waals surface area contributed by atoms with Crippen LogP contribution in [0.25, 0.3) is 21.7 Å². The first kappa shape index (κ1) is 23.1. The van der Waals surface area contributed by atoms with Gasteiger partial charge in [0.25, 0.3) is 0 Å². The molecular formula is C25H24N2O4S2. The highest BCUT2D eigenvalue weighted by Crippen LogP contribution is 2.33. The van der Waals surface area contributed by atoms with Gasteiger partial charge in [0.1, 0.15) is 18.1 Å². The molecule has 0 aliphatic rings. The van der Waals surface area contributed by atoms with Crippen LogP contribution < -0.4 is 4.74 Å². The Bertz CT molecular complexity index is 1190. The van der Waals surface area contributed by atoms with Crippen molar-refractivity contribution in [3.8, 4) is 27.4 Å². The fraction of sp³-hybridized carbons (Fsp3) is 0.240. The zero-order valence-corrected chi connectivity index (χ0v) is 20.0. The summed E-state index contributed by atoms with van der Waals surface area (Å²) in [4.78, 5) is 13.6. The maximum Gasteiger partial charge on any atom is 0.333 e. The second kappa shape index (κ2) is 10.7. The summed E-state index contributed by atoms with van der Waals surface area (Å²) in [6.45, 7) is 4.74. The lowest BCUT2D eigenvalue weighted by Crippen LogP contribution is -2.26. The van der Waals surface area contributed by atoms with E-state index in [9.17, 15) is 9.90 Å². The third-order valence-electron chi connectivity index (χ3n) is 5.20. The SMILES string of the molecule is CCO[C@@H](Cc1ccc(OCc2sc(-c3ccc(-c4csnn4)cc3)cc2C)cc1)C(=O)O. The van der Waals surface area contributed by atoms with Crippen molar-refractivity contribution >= 4 is 28.8 Å². The topological polar surface area (TPSA) is 81.5 Å². The molecule has 0 saturated heterocycles. The highest BCUT2D eigenvalue weighted by atomic mass is 32.1. The number of benzene rings is 2. The second-order valence-electron chi connectivity index (χ2n) is 7.50. The van der Waals surface area contributed by atoms with Gasteiger partial charge in [-0.3, -0.25) is 0 Å². The van der Waals surface area contributed by atoms with Crippen LogP contribution >= 0.6 is 22.9 Å². The first-order valence-corrected chi connectivity index (χ1v) is 12.2. The highest BCUT2D eigenvalue weighted by Gasteiger charge is 2.18. The summed E-state index contributed by atoms with van der Waals surface area (Å²) in [5.74, 6) is -0.200. The zero-order chi connectivity index (χ0) is 23.2. The Kier molecular flexibility index (Phi) is 7.49. The minimum absolute atomic E-state index is 0.328. The van der Waals surface area contributed by atoms with Gasteiger partial charge in [0.05, 0.1) is 0 Å². The van der Waals surface area contributed by atoms with Crippen molar-refractivity contribution < 1.29 is 19.4 Å². The standard InChI is InChI=1S/C25H24N2O4S2/c1-3-30-22(25(28)29)13-17-4-10-20(11-5-17)31-14-24-16(2)12-23(33-24)19-8-6-18(7-9-19)21-15-32-27-26-21/h4-12,15,22H,3,13-14H2,1-2H3,(H,28,29)/t22-/m0/s1. The van der Waals surface area contributed by atoms with Crippen LogP contribution in [0.3, 0.4) is 0 Å². The van der Waals surface area contributed by atoms with Gasteiger partial charge in [0.15, 0.2) is 6.10 Å². The third kappa shape index (κ3) is 5.84. The van der Waals surface area contributed by atoms with Crippen LogP contribution in [-0.4, -0.2) is 33.4 Å². The molecule has 0 aliphatic carbocycles. The van der Waals surface area contributed by atoms with Crippen molar-refractivity contribution in [2.45, 2.75) is 33.0 Å². The summed E-state index contributed by atoms with van der Waals surface area (Å²) in [6, 6.07) is 18.1. The highest BCUT2D eigenvalue weighted by molar-refractivity contribution is 7.15. The quantitative estimate of drug-likeness (QED) is 0.306. The molecule has 0 aliphatic heterocycles. The Hall–Kier alpha value is -3.07. The van der Waals surface area contributed by atoms with Crippen molar-refractivity contribution in [3.63, 3.8) is 0 Å². The molecule has 4 aromatic rings. The van der Waals surface area contributed by atoms with Crippen molar-refractivity contribution in [2.24, 2.45) is 0 Å². The molecule has 0 saturated carbocycles. The number of carboxylic acid groups (broad SMARTS) is 1. The van der Waals surface area contributed by atoms with Crippen molar-refractivity contribution in [1.82, 2.24) is 9.59 Å². The van der Waals surface area contributed by atoms with E-state index in [1.165, 1.54) is 26.9 Å². The number of aliphatic carboxylic acids is 1. The fourth-order valence-corrected chi connectivity index (χ4v) is 4.96. The fourth-order valence-electron chi connectivity index (χ4n) is 3.40. The van der Waals surface area contributed by atoms with E-state index in [4.69, 9.17) is 9.47 Å². The lowest BCUT2D eigenvalue weighted by molar-refractivity contribution is -0.149. The molecule has 0 spiro atoms. The monoisotopic (exact) mass is 480 g/mol. The summed E-state index contributed by atoms with van der Waals surface area (Å²) in [5.41, 5.74) is 5.21. The molecule has 4 rings (SSSR count). The van der Waals surface area contributed by atoms with Crippen LogP contribution in [0.4, 0.5) is 0 Å². The van der Waals surface area contributed by atoms with Gasteiger partial charge in [-0.15, -0.1) is 16.4 Å². The van der Waals surface area contributed by atoms with Crippen molar-refractivity contribution in [1.29, 1.82) is 0 Å². The minimum atomic E-state index is -0.948. The number of thiophene rings is 1. The number of carboxylic acids is 1. The molecule has 2 aromatic heterocycles. The van der Waals surface area contributed by atoms with E-state index in [0.717, 1.165) is 28.1 Å². The number of aromatic nitrogens is 2. The van der Waals surface area contributed by atoms with Gasteiger partial charge in [-0.1, -0.05) is 40.9 Å². The third-order valence-corrected chi connectivity index (χ3v) is 6.97. The van der Waals surface area contributed by atoms with Gasteiger partial charge in [0, 0.05) is 33.7 Å². The number of rotatable bonds is 10. The number of hydrogen-bond acceptors (Lipinski definition) is 7. The van der Waals surface area contributed by atoms with Crippen LogP contribution in [0, 0.1) is 6.92 Å². The van der Waals surface area contributed by atoms with E-state index in [-0.39, 0.29) is 0 Å². The molecule has 0 unspecified atom stereocenters. The molecule has 2 aromatic carbocycles. The summed E-state index contributed by atoms with van der Waals surface area (Å²) >= 11 is 3.07. The minimum Gasteiger partial charge on any atom is -0.488 e. The Labute approximate surface area is 200 Å². The van der Waals surface area contributed by atoms with E-state index < -0.39 is 12.1 Å². The normalized spacial score (nSPS) is 11.9.